The summed E-state index contributed by atoms with van der Waals surface area (Å²) in [5.41, 5.74) is 1.55. The van der Waals surface area contributed by atoms with Crippen LogP contribution in [0.3, 0.4) is 0 Å². The van der Waals surface area contributed by atoms with Gasteiger partial charge in [-0.1, -0.05) is 17.3 Å². The van der Waals surface area contributed by atoms with Crippen molar-refractivity contribution >= 4 is 11.7 Å². The summed E-state index contributed by atoms with van der Waals surface area (Å²) in [5.74, 6) is -1.14. The number of halogens is 1. The van der Waals surface area contributed by atoms with E-state index in [9.17, 15) is 9.18 Å². The molecule has 90 valence electrons. The molecule has 2 rings (SSSR count). The maximum absolute atomic E-state index is 12.7. The summed E-state index contributed by atoms with van der Waals surface area (Å²) in [4.78, 5) is 15.5. The molecule has 0 saturated carbocycles. The molecular weight excluding hydrogens is 225 g/mol. The van der Waals surface area contributed by atoms with Gasteiger partial charge in [0.1, 0.15) is 11.9 Å². The first-order valence-corrected chi connectivity index (χ1v) is 5.35. The minimum atomic E-state index is -0.844. The summed E-state index contributed by atoms with van der Waals surface area (Å²) in [6, 6.07) is 6.00. The molecule has 1 heterocycles. The summed E-state index contributed by atoms with van der Waals surface area (Å²) >= 11 is 0. The number of rotatable bonds is 4. The van der Waals surface area contributed by atoms with Gasteiger partial charge in [0.15, 0.2) is 0 Å². The number of hydrogen-bond donors (Lipinski definition) is 1. The number of nitrogens with zero attached hydrogens (tertiary/aromatic N) is 1. The largest absolute Gasteiger partial charge is 0.481 e. The first kappa shape index (κ1) is 11.6. The van der Waals surface area contributed by atoms with Crippen molar-refractivity contribution < 1.29 is 19.1 Å². The molecule has 1 aliphatic rings. The zero-order chi connectivity index (χ0) is 12.3. The van der Waals surface area contributed by atoms with Crippen LogP contribution < -0.4 is 0 Å². The highest BCUT2D eigenvalue weighted by Crippen LogP contribution is 2.20. The number of carbonyl (C=O) groups is 1. The molecule has 0 spiro atoms. The lowest BCUT2D eigenvalue weighted by molar-refractivity contribution is -0.137. The smallest absolute Gasteiger partial charge is 0.303 e. The van der Waals surface area contributed by atoms with Gasteiger partial charge in [-0.25, -0.2) is 4.39 Å². The Labute approximate surface area is 97.7 Å². The van der Waals surface area contributed by atoms with Gasteiger partial charge in [-0.3, -0.25) is 4.79 Å². The number of hydrogen-bond acceptors (Lipinski definition) is 3. The van der Waals surface area contributed by atoms with Crippen LogP contribution in [0.1, 0.15) is 24.8 Å². The average molecular weight is 237 g/mol. The Morgan fingerprint density at radius 2 is 2.18 bits per heavy atom. The fourth-order valence-corrected chi connectivity index (χ4v) is 1.68. The van der Waals surface area contributed by atoms with E-state index in [-0.39, 0.29) is 18.3 Å². The Bertz CT molecular complexity index is 442. The molecule has 0 amide bonds. The standard InChI is InChI=1S/C12H12FNO3/c13-9-3-1-8(2-4-9)11-7-10(17-14-11)5-6-12(15)16/h1-4,10H,5-7H2,(H,15,16). The maximum Gasteiger partial charge on any atom is 0.303 e. The highest BCUT2D eigenvalue weighted by Gasteiger charge is 2.22. The Morgan fingerprint density at radius 1 is 1.47 bits per heavy atom. The molecule has 0 aliphatic carbocycles. The molecule has 0 radical (unpaired) electrons. The van der Waals surface area contributed by atoms with Crippen LogP contribution in [-0.4, -0.2) is 22.9 Å². The SMILES string of the molecule is O=C(O)CCC1CC(c2ccc(F)cc2)=NO1. The van der Waals surface area contributed by atoms with Crippen LogP contribution in [0.2, 0.25) is 0 Å². The van der Waals surface area contributed by atoms with E-state index in [2.05, 4.69) is 5.16 Å². The van der Waals surface area contributed by atoms with E-state index < -0.39 is 5.97 Å². The molecule has 0 fully saturated rings. The number of oxime groups is 1. The van der Waals surface area contributed by atoms with Gasteiger partial charge in [-0.15, -0.1) is 0 Å². The Morgan fingerprint density at radius 3 is 2.82 bits per heavy atom. The predicted molar refractivity (Wildman–Crippen MR) is 59.3 cm³/mol. The molecule has 1 unspecified atom stereocenters. The lowest BCUT2D eigenvalue weighted by Crippen LogP contribution is -2.10. The Hall–Kier alpha value is -1.91. The van der Waals surface area contributed by atoms with Gasteiger partial charge < -0.3 is 9.94 Å². The second-order valence-electron chi connectivity index (χ2n) is 3.91. The molecule has 1 N–H and O–H groups in total. The summed E-state index contributed by atoms with van der Waals surface area (Å²) in [7, 11) is 0. The molecule has 1 atom stereocenters. The quantitative estimate of drug-likeness (QED) is 0.873. The van der Waals surface area contributed by atoms with Crippen LogP contribution in [0.4, 0.5) is 4.39 Å². The molecular formula is C12H12FNO3. The van der Waals surface area contributed by atoms with Crippen molar-refractivity contribution in [1.29, 1.82) is 0 Å². The molecule has 5 heteroatoms. The van der Waals surface area contributed by atoms with Crippen LogP contribution in [-0.2, 0) is 9.63 Å². The van der Waals surface area contributed by atoms with E-state index >= 15 is 0 Å². The van der Waals surface area contributed by atoms with Crippen molar-refractivity contribution in [3.8, 4) is 0 Å². The zero-order valence-corrected chi connectivity index (χ0v) is 9.10. The van der Waals surface area contributed by atoms with E-state index in [1.807, 2.05) is 0 Å². The van der Waals surface area contributed by atoms with Crippen molar-refractivity contribution in [2.24, 2.45) is 5.16 Å². The normalized spacial score (nSPS) is 18.6. The van der Waals surface area contributed by atoms with E-state index in [0.29, 0.717) is 12.8 Å². The molecule has 17 heavy (non-hydrogen) atoms. The first-order valence-electron chi connectivity index (χ1n) is 5.35. The van der Waals surface area contributed by atoms with Crippen molar-refractivity contribution in [2.75, 3.05) is 0 Å². The number of benzene rings is 1. The second kappa shape index (κ2) is 4.95. The van der Waals surface area contributed by atoms with Crippen molar-refractivity contribution in [3.05, 3.63) is 35.6 Å². The first-order chi connectivity index (χ1) is 8.15. The van der Waals surface area contributed by atoms with Gasteiger partial charge in [0, 0.05) is 12.8 Å². The number of carboxylic acid groups (broad SMARTS) is 1. The zero-order valence-electron chi connectivity index (χ0n) is 9.10. The van der Waals surface area contributed by atoms with Crippen LogP contribution in [0, 0.1) is 5.82 Å². The highest BCUT2D eigenvalue weighted by atomic mass is 19.1. The van der Waals surface area contributed by atoms with Crippen molar-refractivity contribution in [1.82, 2.24) is 0 Å². The molecule has 1 aromatic carbocycles. The van der Waals surface area contributed by atoms with Gasteiger partial charge in [0.25, 0.3) is 0 Å². The lowest BCUT2D eigenvalue weighted by atomic mass is 10.0. The molecule has 4 nitrogen and oxygen atoms in total. The summed E-state index contributed by atoms with van der Waals surface area (Å²) in [6.07, 6.45) is 0.880. The summed E-state index contributed by atoms with van der Waals surface area (Å²) in [5, 5.41) is 12.4. The van der Waals surface area contributed by atoms with E-state index in [1.54, 1.807) is 12.1 Å². The van der Waals surface area contributed by atoms with Crippen molar-refractivity contribution in [3.63, 3.8) is 0 Å². The van der Waals surface area contributed by atoms with E-state index in [1.165, 1.54) is 12.1 Å². The molecule has 0 bridgehead atoms. The monoisotopic (exact) mass is 237 g/mol. The third kappa shape index (κ3) is 3.03. The van der Waals surface area contributed by atoms with Gasteiger partial charge >= 0.3 is 5.97 Å². The molecule has 1 aliphatic heterocycles. The van der Waals surface area contributed by atoms with E-state index in [4.69, 9.17) is 9.94 Å². The van der Waals surface area contributed by atoms with Crippen molar-refractivity contribution in [2.45, 2.75) is 25.4 Å². The van der Waals surface area contributed by atoms with Gasteiger partial charge in [-0.05, 0) is 24.1 Å². The minimum Gasteiger partial charge on any atom is -0.481 e. The van der Waals surface area contributed by atoms with Crippen LogP contribution in [0.25, 0.3) is 0 Å². The van der Waals surface area contributed by atoms with Gasteiger partial charge in [0.2, 0.25) is 0 Å². The topological polar surface area (TPSA) is 58.9 Å². The lowest BCUT2D eigenvalue weighted by Gasteiger charge is -2.04. The molecule has 0 saturated heterocycles. The van der Waals surface area contributed by atoms with Crippen LogP contribution in [0.15, 0.2) is 29.4 Å². The van der Waals surface area contributed by atoms with E-state index in [0.717, 1.165) is 11.3 Å². The van der Waals surface area contributed by atoms with Crippen LogP contribution >= 0.6 is 0 Å². The molecule has 0 aromatic heterocycles. The van der Waals surface area contributed by atoms with Crippen LogP contribution in [0.5, 0.6) is 0 Å². The highest BCUT2D eigenvalue weighted by molar-refractivity contribution is 6.01. The van der Waals surface area contributed by atoms with Gasteiger partial charge in [0.05, 0.1) is 5.71 Å². The third-order valence-electron chi connectivity index (χ3n) is 2.59. The predicted octanol–water partition coefficient (Wildman–Crippen LogP) is 2.18. The number of carboxylic acids is 1. The fraction of sp³-hybridized carbons (Fsp3) is 0.333. The summed E-state index contributed by atoms with van der Waals surface area (Å²) in [6.45, 7) is 0. The average Bonchev–Trinajstić information content (AvgIpc) is 2.76. The maximum atomic E-state index is 12.7. The third-order valence-corrected chi connectivity index (χ3v) is 2.59. The Balaban J connectivity index is 1.93. The van der Waals surface area contributed by atoms with Gasteiger partial charge in [-0.2, -0.15) is 0 Å². The molecule has 1 aromatic rings. The fourth-order valence-electron chi connectivity index (χ4n) is 1.68. The summed E-state index contributed by atoms with van der Waals surface area (Å²) < 4.78 is 12.7. The Kier molecular flexibility index (Phi) is 3.37. The second-order valence-corrected chi connectivity index (χ2v) is 3.91. The minimum absolute atomic E-state index is 0.0664. The number of aliphatic carboxylic acids is 1.